The summed E-state index contributed by atoms with van der Waals surface area (Å²) in [6, 6.07) is 10.3. The Morgan fingerprint density at radius 1 is 0.968 bits per heavy atom. The first-order valence-electron chi connectivity index (χ1n) is 9.55. The lowest BCUT2D eigenvalue weighted by molar-refractivity contribution is -0.141. The van der Waals surface area contributed by atoms with Crippen LogP contribution in [0.1, 0.15) is 26.5 Å². The van der Waals surface area contributed by atoms with E-state index in [9.17, 15) is 18.0 Å². The molecule has 0 atom stereocenters. The second-order valence-electron chi connectivity index (χ2n) is 8.24. The number of benzene rings is 1. The zero-order chi connectivity index (χ0) is 22.8. The lowest BCUT2D eigenvalue weighted by Gasteiger charge is -2.20. The van der Waals surface area contributed by atoms with E-state index in [0.717, 1.165) is 12.3 Å². The van der Waals surface area contributed by atoms with Gasteiger partial charge in [0.2, 0.25) is 0 Å². The number of halogens is 3. The first-order valence-corrected chi connectivity index (χ1v) is 9.55. The second kappa shape index (κ2) is 8.45. The predicted molar refractivity (Wildman–Crippen MR) is 112 cm³/mol. The highest BCUT2D eigenvalue weighted by Crippen LogP contribution is 2.31. The molecule has 0 spiro atoms. The minimum Gasteiger partial charge on any atom is -0.493 e. The third-order valence-corrected chi connectivity index (χ3v) is 4.39. The number of hydrogen-bond acceptors (Lipinski definition) is 4. The summed E-state index contributed by atoms with van der Waals surface area (Å²) >= 11 is 0. The van der Waals surface area contributed by atoms with E-state index >= 15 is 0 Å². The molecule has 0 unspecified atom stereocenters. The highest BCUT2D eigenvalue weighted by Gasteiger charge is 2.32. The average molecular weight is 432 g/mol. The molecule has 3 aromatic rings. The Morgan fingerprint density at radius 3 is 2.26 bits per heavy atom. The summed E-state index contributed by atoms with van der Waals surface area (Å²) in [5.74, 6) is 1.06. The smallest absolute Gasteiger partial charge is 0.433 e. The van der Waals surface area contributed by atoms with E-state index in [0.29, 0.717) is 34.9 Å². The molecule has 0 saturated carbocycles. The quantitative estimate of drug-likeness (QED) is 0.545. The Morgan fingerprint density at radius 2 is 1.71 bits per heavy atom. The molecule has 0 N–H and O–H groups in total. The number of rotatable bonds is 5. The highest BCUT2D eigenvalue weighted by molar-refractivity contribution is 5.62. The maximum Gasteiger partial charge on any atom is 0.433 e. The van der Waals surface area contributed by atoms with Gasteiger partial charge in [-0.25, -0.2) is 0 Å². The fourth-order valence-corrected chi connectivity index (χ4v) is 2.82. The number of ether oxygens (including phenoxy) is 2. The van der Waals surface area contributed by atoms with Gasteiger partial charge in [0.15, 0.2) is 11.5 Å². The molecule has 0 aliphatic rings. The van der Waals surface area contributed by atoms with Crippen LogP contribution in [0.5, 0.6) is 11.5 Å². The topological polar surface area (TPSA) is 53.4 Å². The van der Waals surface area contributed by atoms with E-state index in [-0.39, 0.29) is 11.0 Å². The zero-order valence-corrected chi connectivity index (χ0v) is 17.7. The molecule has 164 valence electrons. The highest BCUT2D eigenvalue weighted by atomic mass is 19.4. The van der Waals surface area contributed by atoms with Gasteiger partial charge >= 0.3 is 6.18 Å². The van der Waals surface area contributed by atoms with E-state index in [1.54, 1.807) is 30.5 Å². The van der Waals surface area contributed by atoms with E-state index in [2.05, 4.69) is 25.8 Å². The summed E-state index contributed by atoms with van der Waals surface area (Å²) in [6.45, 7) is 6.67. The molecule has 3 rings (SSSR count). The third kappa shape index (κ3) is 5.45. The molecular formula is C23H23F3N2O3. The zero-order valence-electron chi connectivity index (χ0n) is 17.7. The van der Waals surface area contributed by atoms with Crippen molar-refractivity contribution in [3.8, 4) is 28.3 Å². The standard InChI is InChI=1S/C23H23F3N2O3/c1-22(2,3)14-31-18-7-6-17(12-19(18)30-4)28-10-9-15(11-21(28)29)16-5-8-20(27-13-16)23(24,25)26/h5-13H,14H2,1-4H3. The largest absolute Gasteiger partial charge is 0.493 e. The summed E-state index contributed by atoms with van der Waals surface area (Å²) < 4.78 is 50.7. The molecule has 0 radical (unpaired) electrons. The van der Waals surface area contributed by atoms with Crippen LogP contribution in [0.15, 0.2) is 59.7 Å². The van der Waals surface area contributed by atoms with Gasteiger partial charge in [0, 0.05) is 30.1 Å². The van der Waals surface area contributed by atoms with Crippen LogP contribution < -0.4 is 15.0 Å². The number of alkyl halides is 3. The normalized spacial score (nSPS) is 12.0. The predicted octanol–water partition coefficient (Wildman–Crippen LogP) is 5.35. The maximum absolute atomic E-state index is 12.7. The van der Waals surface area contributed by atoms with Crippen molar-refractivity contribution in [2.75, 3.05) is 13.7 Å². The van der Waals surface area contributed by atoms with Gasteiger partial charge in [-0.3, -0.25) is 14.3 Å². The van der Waals surface area contributed by atoms with Crippen molar-refractivity contribution in [2.24, 2.45) is 5.41 Å². The Kier molecular flexibility index (Phi) is 6.10. The van der Waals surface area contributed by atoms with Gasteiger partial charge in [-0.15, -0.1) is 0 Å². The number of aromatic nitrogens is 2. The summed E-state index contributed by atoms with van der Waals surface area (Å²) in [5.41, 5.74) is 0.111. The van der Waals surface area contributed by atoms with E-state index in [4.69, 9.17) is 9.47 Å². The SMILES string of the molecule is COc1cc(-n2ccc(-c3ccc(C(F)(F)F)nc3)cc2=O)ccc1OCC(C)(C)C. The number of hydrogen-bond donors (Lipinski definition) is 0. The molecule has 0 fully saturated rings. The van der Waals surface area contributed by atoms with Crippen LogP contribution in [-0.4, -0.2) is 23.3 Å². The molecule has 0 aliphatic carbocycles. The summed E-state index contributed by atoms with van der Waals surface area (Å²) in [5, 5.41) is 0. The molecule has 8 heteroatoms. The molecule has 31 heavy (non-hydrogen) atoms. The van der Waals surface area contributed by atoms with Gasteiger partial charge in [0.25, 0.3) is 5.56 Å². The molecule has 0 amide bonds. The van der Waals surface area contributed by atoms with Crippen molar-refractivity contribution < 1.29 is 22.6 Å². The van der Waals surface area contributed by atoms with Crippen molar-refractivity contribution in [3.63, 3.8) is 0 Å². The Balaban J connectivity index is 1.88. The minimum atomic E-state index is -4.51. The Hall–Kier alpha value is -3.29. The number of pyridine rings is 2. The fourth-order valence-electron chi connectivity index (χ4n) is 2.82. The summed E-state index contributed by atoms with van der Waals surface area (Å²) in [4.78, 5) is 16.1. The van der Waals surface area contributed by atoms with Crippen LogP contribution in [-0.2, 0) is 6.18 Å². The molecule has 0 bridgehead atoms. The molecule has 5 nitrogen and oxygen atoms in total. The van der Waals surface area contributed by atoms with Crippen molar-refractivity contribution in [1.29, 1.82) is 0 Å². The van der Waals surface area contributed by atoms with E-state index in [1.165, 1.54) is 23.8 Å². The number of methoxy groups -OCH3 is 1. The first kappa shape index (κ1) is 22.4. The third-order valence-electron chi connectivity index (χ3n) is 4.39. The van der Waals surface area contributed by atoms with Crippen molar-refractivity contribution >= 4 is 0 Å². The fraction of sp³-hybridized carbons (Fsp3) is 0.304. The van der Waals surface area contributed by atoms with Gasteiger partial charge in [-0.05, 0) is 35.2 Å². The van der Waals surface area contributed by atoms with Gasteiger partial charge < -0.3 is 9.47 Å². The van der Waals surface area contributed by atoms with Gasteiger partial charge in [-0.2, -0.15) is 13.2 Å². The molecule has 2 aromatic heterocycles. The maximum atomic E-state index is 12.7. The monoisotopic (exact) mass is 432 g/mol. The van der Waals surface area contributed by atoms with Crippen LogP contribution in [0, 0.1) is 5.41 Å². The lowest BCUT2D eigenvalue weighted by Crippen LogP contribution is -2.18. The Labute approximate surface area is 178 Å². The van der Waals surface area contributed by atoms with Crippen molar-refractivity contribution in [3.05, 3.63) is 70.9 Å². The van der Waals surface area contributed by atoms with E-state index in [1.807, 2.05) is 0 Å². The van der Waals surface area contributed by atoms with Gasteiger partial charge in [0.1, 0.15) is 5.69 Å². The average Bonchev–Trinajstić information content (AvgIpc) is 2.71. The molecule has 2 heterocycles. The van der Waals surface area contributed by atoms with Crippen LogP contribution in [0.4, 0.5) is 13.2 Å². The van der Waals surface area contributed by atoms with Crippen LogP contribution in [0.25, 0.3) is 16.8 Å². The first-order chi connectivity index (χ1) is 14.5. The summed E-state index contributed by atoms with van der Waals surface area (Å²) in [7, 11) is 1.52. The second-order valence-corrected chi connectivity index (χ2v) is 8.24. The van der Waals surface area contributed by atoms with Crippen LogP contribution in [0.2, 0.25) is 0 Å². The molecule has 0 aliphatic heterocycles. The molecule has 1 aromatic carbocycles. The molecular weight excluding hydrogens is 409 g/mol. The summed E-state index contributed by atoms with van der Waals surface area (Å²) in [6.07, 6.45) is -1.85. The van der Waals surface area contributed by atoms with Crippen molar-refractivity contribution in [1.82, 2.24) is 9.55 Å². The lowest BCUT2D eigenvalue weighted by atomic mass is 9.99. The van der Waals surface area contributed by atoms with E-state index < -0.39 is 11.9 Å². The molecule has 0 saturated heterocycles. The van der Waals surface area contributed by atoms with Crippen LogP contribution in [0.3, 0.4) is 0 Å². The van der Waals surface area contributed by atoms with Crippen LogP contribution >= 0.6 is 0 Å². The Bertz CT molecular complexity index is 1110. The van der Waals surface area contributed by atoms with Gasteiger partial charge in [0.05, 0.1) is 19.4 Å². The minimum absolute atomic E-state index is 0.0242. The number of nitrogens with zero attached hydrogens (tertiary/aromatic N) is 2. The van der Waals surface area contributed by atoms with Crippen molar-refractivity contribution in [2.45, 2.75) is 26.9 Å². The van der Waals surface area contributed by atoms with Gasteiger partial charge in [-0.1, -0.05) is 26.8 Å².